The summed E-state index contributed by atoms with van der Waals surface area (Å²) in [6, 6.07) is 6.22. The van der Waals surface area contributed by atoms with E-state index in [1.54, 1.807) is 24.3 Å². The molecule has 0 fully saturated rings. The van der Waals surface area contributed by atoms with Crippen molar-refractivity contribution in [3.05, 3.63) is 58.0 Å². The summed E-state index contributed by atoms with van der Waals surface area (Å²) >= 11 is 3.05. The van der Waals surface area contributed by atoms with E-state index >= 15 is 0 Å². The Balaban J connectivity index is 2.11. The van der Waals surface area contributed by atoms with Crippen LogP contribution in [0.4, 0.5) is 8.78 Å². The van der Waals surface area contributed by atoms with E-state index in [-0.39, 0.29) is 16.6 Å². The summed E-state index contributed by atoms with van der Waals surface area (Å²) in [7, 11) is 1.78. The minimum absolute atomic E-state index is 0.0541. The van der Waals surface area contributed by atoms with Crippen LogP contribution in [0.2, 0.25) is 0 Å². The van der Waals surface area contributed by atoms with Gasteiger partial charge in [0, 0.05) is 12.1 Å². The highest BCUT2D eigenvalue weighted by atomic mass is 79.9. The molecule has 0 aliphatic rings. The van der Waals surface area contributed by atoms with Gasteiger partial charge in [0.15, 0.2) is 0 Å². The Labute approximate surface area is 112 Å². The summed E-state index contributed by atoms with van der Waals surface area (Å²) in [6.07, 6.45) is 1.57. The molecule has 2 nitrogen and oxygen atoms in total. The maximum Gasteiger partial charge on any atom is 0.144 e. The molecule has 0 aliphatic heterocycles. The molecule has 0 aliphatic carbocycles. The van der Waals surface area contributed by atoms with E-state index in [9.17, 15) is 8.78 Å². The maximum absolute atomic E-state index is 13.8. The summed E-state index contributed by atoms with van der Waals surface area (Å²) in [4.78, 5) is 1.78. The first-order valence-electron chi connectivity index (χ1n) is 5.41. The fourth-order valence-electron chi connectivity index (χ4n) is 1.71. The van der Waals surface area contributed by atoms with Gasteiger partial charge in [0.1, 0.15) is 17.4 Å². The zero-order valence-corrected chi connectivity index (χ0v) is 11.4. The number of rotatable bonds is 4. The molecule has 96 valence electrons. The van der Waals surface area contributed by atoms with Crippen LogP contribution in [0, 0.1) is 11.6 Å². The summed E-state index contributed by atoms with van der Waals surface area (Å²) in [5.41, 5.74) is 0.0541. The van der Waals surface area contributed by atoms with Crippen LogP contribution in [-0.2, 0) is 13.1 Å². The third-order valence-corrected chi connectivity index (χ3v) is 3.19. The number of hydrogen-bond acceptors (Lipinski definition) is 2. The van der Waals surface area contributed by atoms with E-state index in [4.69, 9.17) is 4.42 Å². The topological polar surface area (TPSA) is 16.4 Å². The first-order chi connectivity index (χ1) is 8.58. The van der Waals surface area contributed by atoms with Crippen LogP contribution in [0.25, 0.3) is 0 Å². The SMILES string of the molecule is CN(Cc1ccco1)Cc1c(F)ccc(Br)c1F. The fraction of sp³-hybridized carbons (Fsp3) is 0.231. The monoisotopic (exact) mass is 315 g/mol. The molecule has 5 heteroatoms. The predicted molar refractivity (Wildman–Crippen MR) is 67.9 cm³/mol. The van der Waals surface area contributed by atoms with Gasteiger partial charge >= 0.3 is 0 Å². The van der Waals surface area contributed by atoms with Crippen molar-refractivity contribution in [3.63, 3.8) is 0 Å². The molecule has 1 aromatic carbocycles. The summed E-state index contributed by atoms with van der Waals surface area (Å²) in [5.74, 6) is -0.336. The third kappa shape index (κ3) is 2.97. The zero-order chi connectivity index (χ0) is 13.1. The van der Waals surface area contributed by atoms with Crippen LogP contribution < -0.4 is 0 Å². The Morgan fingerprint density at radius 2 is 2.00 bits per heavy atom. The molecule has 2 rings (SSSR count). The van der Waals surface area contributed by atoms with Crippen molar-refractivity contribution in [2.45, 2.75) is 13.1 Å². The lowest BCUT2D eigenvalue weighted by Gasteiger charge is -2.16. The molecule has 1 aromatic heterocycles. The van der Waals surface area contributed by atoms with E-state index < -0.39 is 11.6 Å². The molecular formula is C13H12BrF2NO. The summed E-state index contributed by atoms with van der Waals surface area (Å²) in [6.45, 7) is 0.677. The molecular weight excluding hydrogens is 304 g/mol. The van der Waals surface area contributed by atoms with Gasteiger partial charge in [0.25, 0.3) is 0 Å². The average Bonchev–Trinajstić information content (AvgIpc) is 2.82. The van der Waals surface area contributed by atoms with Gasteiger partial charge in [0.2, 0.25) is 0 Å². The van der Waals surface area contributed by atoms with E-state index in [2.05, 4.69) is 15.9 Å². The van der Waals surface area contributed by atoms with Gasteiger partial charge in [-0.1, -0.05) is 0 Å². The average molecular weight is 316 g/mol. The van der Waals surface area contributed by atoms with Crippen LogP contribution in [0.3, 0.4) is 0 Å². The second-order valence-corrected chi connectivity index (χ2v) is 4.93. The van der Waals surface area contributed by atoms with Crippen molar-refractivity contribution in [2.24, 2.45) is 0 Å². The van der Waals surface area contributed by atoms with E-state index in [1.165, 1.54) is 12.1 Å². The Morgan fingerprint density at radius 3 is 2.67 bits per heavy atom. The lowest BCUT2D eigenvalue weighted by Crippen LogP contribution is -2.18. The van der Waals surface area contributed by atoms with E-state index in [0.717, 1.165) is 5.76 Å². The molecule has 0 spiro atoms. The third-order valence-electron chi connectivity index (χ3n) is 2.57. The second kappa shape index (κ2) is 5.63. The largest absolute Gasteiger partial charge is 0.468 e. The second-order valence-electron chi connectivity index (χ2n) is 4.07. The van der Waals surface area contributed by atoms with Crippen LogP contribution in [0.15, 0.2) is 39.4 Å². The number of halogens is 3. The van der Waals surface area contributed by atoms with Crippen molar-refractivity contribution in [1.82, 2.24) is 4.90 Å². The lowest BCUT2D eigenvalue weighted by atomic mass is 10.2. The highest BCUT2D eigenvalue weighted by Crippen LogP contribution is 2.23. The summed E-state index contributed by atoms with van der Waals surface area (Å²) in [5, 5.41) is 0. The smallest absolute Gasteiger partial charge is 0.144 e. The highest BCUT2D eigenvalue weighted by Gasteiger charge is 2.14. The first kappa shape index (κ1) is 13.2. The summed E-state index contributed by atoms with van der Waals surface area (Å²) < 4.78 is 32.8. The van der Waals surface area contributed by atoms with E-state index in [0.29, 0.717) is 6.54 Å². The fourth-order valence-corrected chi connectivity index (χ4v) is 2.08. The van der Waals surface area contributed by atoms with Crippen molar-refractivity contribution < 1.29 is 13.2 Å². The molecule has 0 atom stereocenters. The van der Waals surface area contributed by atoms with Crippen LogP contribution in [-0.4, -0.2) is 11.9 Å². The number of hydrogen-bond donors (Lipinski definition) is 0. The van der Waals surface area contributed by atoms with Gasteiger partial charge in [-0.3, -0.25) is 4.90 Å². The Morgan fingerprint density at radius 1 is 1.22 bits per heavy atom. The minimum atomic E-state index is -0.554. The quantitative estimate of drug-likeness (QED) is 0.794. The Bertz CT molecular complexity index is 528. The van der Waals surface area contributed by atoms with Gasteiger partial charge in [-0.25, -0.2) is 8.78 Å². The molecule has 0 saturated heterocycles. The Kier molecular flexibility index (Phi) is 4.14. The van der Waals surface area contributed by atoms with Crippen molar-refractivity contribution in [1.29, 1.82) is 0 Å². The normalized spacial score (nSPS) is 11.2. The predicted octanol–water partition coefficient (Wildman–Crippen LogP) is 3.95. The molecule has 0 amide bonds. The van der Waals surface area contributed by atoms with Gasteiger partial charge in [-0.2, -0.15) is 0 Å². The van der Waals surface area contributed by atoms with Gasteiger partial charge < -0.3 is 4.42 Å². The number of benzene rings is 1. The Hall–Kier alpha value is -1.20. The molecule has 0 saturated carbocycles. The maximum atomic E-state index is 13.8. The minimum Gasteiger partial charge on any atom is -0.468 e. The van der Waals surface area contributed by atoms with Gasteiger partial charge in [0.05, 0.1) is 17.3 Å². The molecule has 1 heterocycles. The van der Waals surface area contributed by atoms with Crippen molar-refractivity contribution in [2.75, 3.05) is 7.05 Å². The lowest BCUT2D eigenvalue weighted by molar-refractivity contribution is 0.279. The van der Waals surface area contributed by atoms with Crippen LogP contribution >= 0.6 is 15.9 Å². The van der Waals surface area contributed by atoms with Crippen molar-refractivity contribution in [3.8, 4) is 0 Å². The molecule has 0 N–H and O–H groups in total. The van der Waals surface area contributed by atoms with Crippen LogP contribution in [0.5, 0.6) is 0 Å². The molecule has 0 unspecified atom stereocenters. The van der Waals surface area contributed by atoms with Crippen LogP contribution in [0.1, 0.15) is 11.3 Å². The molecule has 2 aromatic rings. The molecule has 0 bridgehead atoms. The molecule has 18 heavy (non-hydrogen) atoms. The molecule has 0 radical (unpaired) electrons. The highest BCUT2D eigenvalue weighted by molar-refractivity contribution is 9.10. The number of nitrogens with zero attached hydrogens (tertiary/aromatic N) is 1. The van der Waals surface area contributed by atoms with Gasteiger partial charge in [-0.15, -0.1) is 0 Å². The van der Waals surface area contributed by atoms with E-state index in [1.807, 2.05) is 6.07 Å². The van der Waals surface area contributed by atoms with Gasteiger partial charge in [-0.05, 0) is 47.2 Å². The van der Waals surface area contributed by atoms with Crippen molar-refractivity contribution >= 4 is 15.9 Å². The standard InChI is InChI=1S/C13H12BrF2NO/c1-17(7-9-3-2-6-18-9)8-10-12(15)5-4-11(14)13(10)16/h2-6H,7-8H2,1H3. The first-order valence-corrected chi connectivity index (χ1v) is 6.20. The zero-order valence-electron chi connectivity index (χ0n) is 9.79. The number of furan rings is 1.